The standard InChI is InChI=1S/C68H107N11O14/c1-15-44(8)60(53(91-13)38-57(83)78-37-23-27-52(78)62(92-14)45(9)63(85)72-46(10)61(84)48-24-18-16-19-25-48)76(11)66(88)58(42(4)5)75-65(87)59(43(6)7)77(12)68(90)93-40-47-29-31-49(32-30-47)73-64(86)50(26-22-35-70-67(69)89)71-39-51(41(2)3)74-54(80)28-20-17-21-36-79-55(81)33-34-56(79)82/h16,18-19,24-25,29-34,41-46,50-53,58-62,71,84H,15,17,20-23,26-28,35-40H2,1-14H3,(H,72,85)(H,73,86)(H,74,80)(H,75,87)(H3,69,70,89)/t44-,45+,46+,50-,51+,52-,53+,58-,59-,60-,61+,62+/m0/s1. The molecule has 0 aromatic heterocycles. The maximum atomic E-state index is 14.8. The predicted octanol–water partition coefficient (Wildman–Crippen LogP) is 5.55. The van der Waals surface area contributed by atoms with E-state index >= 15 is 0 Å². The molecule has 4 rings (SSSR count). The van der Waals surface area contributed by atoms with Crippen molar-refractivity contribution in [2.45, 2.75) is 201 Å². The number of hydrogen-bond donors (Lipinski definition) is 8. The van der Waals surface area contributed by atoms with Gasteiger partial charge >= 0.3 is 12.1 Å². The number of unbranched alkanes of at least 4 members (excludes halogenated alkanes) is 2. The van der Waals surface area contributed by atoms with E-state index in [0.29, 0.717) is 81.3 Å². The maximum absolute atomic E-state index is 14.8. The normalized spacial score (nSPS) is 17.5. The van der Waals surface area contributed by atoms with Gasteiger partial charge in [0.05, 0.1) is 54.8 Å². The molecule has 25 heteroatoms. The minimum absolute atomic E-state index is 0.00143. The largest absolute Gasteiger partial charge is 0.445 e. The van der Waals surface area contributed by atoms with E-state index < -0.39 is 96.3 Å². The Kier molecular flexibility index (Phi) is 32.4. The number of carbonyl (C=O) groups excluding carboxylic acids is 10. The van der Waals surface area contributed by atoms with E-state index in [-0.39, 0.29) is 85.9 Å². The van der Waals surface area contributed by atoms with Crippen LogP contribution in [0.3, 0.4) is 0 Å². The molecule has 0 spiro atoms. The number of ether oxygens (including phenoxy) is 3. The Morgan fingerprint density at radius 2 is 1.41 bits per heavy atom. The summed E-state index contributed by atoms with van der Waals surface area (Å²) in [6, 6.07) is 10.2. The number of urea groups is 1. The summed E-state index contributed by atoms with van der Waals surface area (Å²) >= 11 is 0. The SMILES string of the molecule is CC[C@H](C)[C@@H]([C@@H](CC(=O)N1CCC[C@H]1[C@H](OC)[C@@H](C)C(=O)N[C@H](C)[C@@H](O)c1ccccc1)OC)N(C)C(=O)[C@@H](NC(=O)[C@H](C(C)C)N(C)C(=O)OCc1ccc(NC(=O)[C@H](CCCNC(N)=O)NC[C@@H](NC(=O)CCCCCN2C(=O)C=CC2=O)C(C)C)cc1)C(C)C. The van der Waals surface area contributed by atoms with E-state index in [4.69, 9.17) is 19.9 Å². The summed E-state index contributed by atoms with van der Waals surface area (Å²) in [4.78, 5) is 139. The van der Waals surface area contributed by atoms with Gasteiger partial charge in [0.2, 0.25) is 35.4 Å². The number of hydrogen-bond acceptors (Lipinski definition) is 15. The average Bonchev–Trinajstić information content (AvgIpc) is 1.84. The number of nitrogens with zero attached hydrogens (tertiary/aromatic N) is 4. The van der Waals surface area contributed by atoms with Crippen molar-refractivity contribution in [3.63, 3.8) is 0 Å². The zero-order chi connectivity index (χ0) is 69.2. The number of likely N-dealkylation sites (tertiary alicyclic amines) is 1. The molecule has 12 atom stereocenters. The van der Waals surface area contributed by atoms with E-state index in [1.807, 2.05) is 59.7 Å². The molecule has 0 aliphatic carbocycles. The van der Waals surface area contributed by atoms with Crippen LogP contribution in [-0.2, 0) is 59.2 Å². The van der Waals surface area contributed by atoms with Crippen molar-refractivity contribution in [2.24, 2.45) is 35.3 Å². The van der Waals surface area contributed by atoms with Gasteiger partial charge in [-0.3, -0.25) is 48.2 Å². The fourth-order valence-corrected chi connectivity index (χ4v) is 12.1. The van der Waals surface area contributed by atoms with Gasteiger partial charge < -0.3 is 66.8 Å². The number of primary amides is 1. The van der Waals surface area contributed by atoms with Crippen molar-refractivity contribution in [1.29, 1.82) is 0 Å². The lowest BCUT2D eigenvalue weighted by Crippen LogP contribution is -2.60. The number of nitrogens with two attached hydrogens (primary N) is 1. The lowest BCUT2D eigenvalue weighted by atomic mass is 9.89. The van der Waals surface area contributed by atoms with Crippen LogP contribution in [0.25, 0.3) is 0 Å². The number of imide groups is 1. The highest BCUT2D eigenvalue weighted by atomic mass is 16.6. The van der Waals surface area contributed by atoms with Crippen molar-refractivity contribution in [2.75, 3.05) is 59.8 Å². The van der Waals surface area contributed by atoms with Crippen LogP contribution in [0.4, 0.5) is 15.3 Å². The lowest BCUT2D eigenvalue weighted by Gasteiger charge is -2.41. The van der Waals surface area contributed by atoms with Crippen LogP contribution < -0.4 is 37.6 Å². The van der Waals surface area contributed by atoms with Crippen molar-refractivity contribution >= 4 is 65.1 Å². The summed E-state index contributed by atoms with van der Waals surface area (Å²) < 4.78 is 17.8. The number of nitrogens with one attached hydrogen (secondary N) is 6. The number of likely N-dealkylation sites (N-methyl/N-ethyl adjacent to an activating group) is 2. The predicted molar refractivity (Wildman–Crippen MR) is 353 cm³/mol. The molecule has 0 radical (unpaired) electrons. The summed E-state index contributed by atoms with van der Waals surface area (Å²) in [5.74, 6) is -4.41. The van der Waals surface area contributed by atoms with Crippen molar-refractivity contribution in [3.8, 4) is 0 Å². The second-order valence-corrected chi connectivity index (χ2v) is 25.8. The number of rotatable bonds is 39. The molecule has 518 valence electrons. The van der Waals surface area contributed by atoms with Gasteiger partial charge in [-0.05, 0) is 92.4 Å². The van der Waals surface area contributed by atoms with Gasteiger partial charge in [-0.2, -0.15) is 0 Å². The Morgan fingerprint density at radius 1 is 0.753 bits per heavy atom. The summed E-state index contributed by atoms with van der Waals surface area (Å²) in [6.45, 7) is 19.6. The van der Waals surface area contributed by atoms with Gasteiger partial charge in [0.1, 0.15) is 18.7 Å². The summed E-state index contributed by atoms with van der Waals surface area (Å²) in [5.41, 5.74) is 6.98. The molecule has 2 aliphatic rings. The molecule has 0 unspecified atom stereocenters. The quantitative estimate of drug-likeness (QED) is 0.0301. The van der Waals surface area contributed by atoms with E-state index in [9.17, 15) is 53.1 Å². The highest BCUT2D eigenvalue weighted by Crippen LogP contribution is 2.31. The first-order valence-corrected chi connectivity index (χ1v) is 32.9. The fraction of sp³-hybridized carbons (Fsp3) is 0.647. The highest BCUT2D eigenvalue weighted by molar-refractivity contribution is 6.12. The molecule has 2 aliphatic heterocycles. The van der Waals surface area contributed by atoms with Gasteiger partial charge in [-0.15, -0.1) is 0 Å². The molecule has 93 heavy (non-hydrogen) atoms. The second kappa shape index (κ2) is 38.6. The minimum atomic E-state index is -1.06. The Balaban J connectivity index is 1.36. The van der Waals surface area contributed by atoms with Crippen LogP contribution in [0, 0.1) is 29.6 Å². The average molecular weight is 1300 g/mol. The van der Waals surface area contributed by atoms with Gasteiger partial charge in [0.25, 0.3) is 11.8 Å². The van der Waals surface area contributed by atoms with Crippen LogP contribution in [0.2, 0.25) is 0 Å². The molecule has 11 amide bonds. The number of methoxy groups -OCH3 is 2. The lowest BCUT2D eigenvalue weighted by molar-refractivity contribution is -0.148. The molecule has 1 fully saturated rings. The van der Waals surface area contributed by atoms with Crippen LogP contribution in [-0.4, -0.2) is 193 Å². The topological polar surface area (TPSA) is 330 Å². The first-order valence-electron chi connectivity index (χ1n) is 32.9. The summed E-state index contributed by atoms with van der Waals surface area (Å²) in [5, 5.41) is 28.7. The van der Waals surface area contributed by atoms with Gasteiger partial charge in [0.15, 0.2) is 0 Å². The molecular weight excluding hydrogens is 1190 g/mol. The zero-order valence-corrected chi connectivity index (χ0v) is 57.2. The van der Waals surface area contributed by atoms with E-state index in [2.05, 4.69) is 31.9 Å². The third kappa shape index (κ3) is 23.5. The molecule has 2 aromatic carbocycles. The minimum Gasteiger partial charge on any atom is -0.445 e. The molecule has 0 saturated carbocycles. The Morgan fingerprint density at radius 3 is 1.99 bits per heavy atom. The third-order valence-corrected chi connectivity index (χ3v) is 17.9. The monoisotopic (exact) mass is 1300 g/mol. The second-order valence-electron chi connectivity index (χ2n) is 25.8. The van der Waals surface area contributed by atoms with E-state index in [0.717, 1.165) is 0 Å². The molecular formula is C68H107N11O14. The number of aliphatic hydroxyl groups is 1. The number of amides is 11. The Hall–Kier alpha value is -7.48. The number of aliphatic hydroxyl groups excluding tert-OH is 1. The molecule has 9 N–H and O–H groups in total. The molecule has 1 saturated heterocycles. The van der Waals surface area contributed by atoms with Crippen LogP contribution in [0.15, 0.2) is 66.7 Å². The fourth-order valence-electron chi connectivity index (χ4n) is 12.1. The van der Waals surface area contributed by atoms with E-state index in [1.54, 1.807) is 80.9 Å². The van der Waals surface area contributed by atoms with Gasteiger partial charge in [-0.25, -0.2) is 9.59 Å². The van der Waals surface area contributed by atoms with Gasteiger partial charge in [-0.1, -0.05) is 118 Å². The smallest absolute Gasteiger partial charge is 0.410 e. The summed E-state index contributed by atoms with van der Waals surface area (Å²) in [6.07, 6.45) is 3.92. The Bertz CT molecular complexity index is 2790. The molecule has 2 aromatic rings. The van der Waals surface area contributed by atoms with Crippen molar-refractivity contribution in [1.82, 2.24) is 46.2 Å². The van der Waals surface area contributed by atoms with Crippen molar-refractivity contribution in [3.05, 3.63) is 77.9 Å². The molecule has 2 heterocycles. The van der Waals surface area contributed by atoms with Crippen LogP contribution in [0.1, 0.15) is 151 Å². The van der Waals surface area contributed by atoms with E-state index in [1.165, 1.54) is 43.2 Å². The maximum Gasteiger partial charge on any atom is 0.410 e. The summed E-state index contributed by atoms with van der Waals surface area (Å²) in [7, 11) is 6.13. The number of benzene rings is 2. The zero-order valence-electron chi connectivity index (χ0n) is 57.2. The van der Waals surface area contributed by atoms with Crippen LogP contribution >= 0.6 is 0 Å². The number of anilines is 1. The Labute approximate surface area is 550 Å². The first-order chi connectivity index (χ1) is 44.1. The van der Waals surface area contributed by atoms with Crippen LogP contribution in [0.5, 0.6) is 0 Å². The molecule has 25 nitrogen and oxygen atoms in total. The first kappa shape index (κ1) is 78.0. The highest BCUT2D eigenvalue weighted by Gasteiger charge is 2.44. The third-order valence-electron chi connectivity index (χ3n) is 17.9. The number of carbonyl (C=O) groups is 10. The van der Waals surface area contributed by atoms with Gasteiger partial charge in [0, 0.05) is 84.8 Å². The molecule has 0 bridgehead atoms. The van der Waals surface area contributed by atoms with Crippen molar-refractivity contribution < 1.29 is 67.3 Å².